The fraction of sp³-hybridized carbons (Fsp3) is 0.300. The Labute approximate surface area is 173 Å². The highest BCUT2D eigenvalue weighted by molar-refractivity contribution is 7.89. The van der Waals surface area contributed by atoms with Crippen LogP contribution in [0.4, 0.5) is 10.2 Å². The number of rotatable bonds is 5. The van der Waals surface area contributed by atoms with Crippen LogP contribution < -0.4 is 14.4 Å². The minimum Gasteiger partial charge on any atom is -0.493 e. The van der Waals surface area contributed by atoms with Gasteiger partial charge in [-0.2, -0.15) is 4.31 Å². The van der Waals surface area contributed by atoms with Crippen LogP contribution in [0.3, 0.4) is 0 Å². The van der Waals surface area contributed by atoms with Crippen LogP contribution in [0.1, 0.15) is 0 Å². The summed E-state index contributed by atoms with van der Waals surface area (Å²) in [7, 11) is -0.552. The zero-order chi connectivity index (χ0) is 21.3. The Morgan fingerprint density at radius 1 is 0.933 bits per heavy atom. The zero-order valence-corrected chi connectivity index (χ0v) is 17.4. The fourth-order valence-corrected chi connectivity index (χ4v) is 4.94. The number of hydrogen-bond donors (Lipinski definition) is 0. The number of halogens is 1. The van der Waals surface area contributed by atoms with E-state index in [4.69, 9.17) is 9.47 Å². The van der Waals surface area contributed by atoms with Gasteiger partial charge in [0.1, 0.15) is 18.0 Å². The third-order valence-corrected chi connectivity index (χ3v) is 7.02. The van der Waals surface area contributed by atoms with E-state index in [1.165, 1.54) is 22.8 Å². The molecule has 0 N–H and O–H groups in total. The molecule has 3 aromatic rings. The molecule has 10 heteroatoms. The van der Waals surface area contributed by atoms with E-state index < -0.39 is 15.8 Å². The average molecular weight is 432 g/mol. The predicted molar refractivity (Wildman–Crippen MR) is 110 cm³/mol. The van der Waals surface area contributed by atoms with Gasteiger partial charge in [0.25, 0.3) is 0 Å². The number of hydrogen-bond acceptors (Lipinski definition) is 7. The van der Waals surface area contributed by atoms with Crippen molar-refractivity contribution in [1.29, 1.82) is 0 Å². The first-order chi connectivity index (χ1) is 14.4. The lowest BCUT2D eigenvalue weighted by atomic mass is 10.2. The number of aromatic nitrogens is 2. The summed E-state index contributed by atoms with van der Waals surface area (Å²) >= 11 is 0. The van der Waals surface area contributed by atoms with Crippen LogP contribution in [0, 0.1) is 5.82 Å². The molecular weight excluding hydrogens is 411 g/mol. The molecule has 30 heavy (non-hydrogen) atoms. The van der Waals surface area contributed by atoms with Gasteiger partial charge in [-0.05, 0) is 30.3 Å². The van der Waals surface area contributed by atoms with Crippen LogP contribution in [0.5, 0.6) is 11.5 Å². The molecule has 2 heterocycles. The van der Waals surface area contributed by atoms with Gasteiger partial charge in [0.2, 0.25) is 10.0 Å². The number of fused-ring (bicyclic) bond motifs is 1. The quantitative estimate of drug-likeness (QED) is 0.612. The fourth-order valence-electron chi connectivity index (χ4n) is 3.52. The van der Waals surface area contributed by atoms with Crippen molar-refractivity contribution in [2.45, 2.75) is 4.90 Å². The molecule has 4 rings (SSSR count). The van der Waals surface area contributed by atoms with Gasteiger partial charge >= 0.3 is 0 Å². The van der Waals surface area contributed by atoms with Gasteiger partial charge in [-0.15, -0.1) is 0 Å². The molecule has 1 aromatic heterocycles. The largest absolute Gasteiger partial charge is 0.493 e. The van der Waals surface area contributed by atoms with Gasteiger partial charge in [-0.1, -0.05) is 0 Å². The van der Waals surface area contributed by atoms with E-state index in [2.05, 4.69) is 9.97 Å². The highest BCUT2D eigenvalue weighted by Gasteiger charge is 2.29. The number of anilines is 1. The van der Waals surface area contributed by atoms with Gasteiger partial charge < -0.3 is 14.4 Å². The maximum atomic E-state index is 13.1. The smallest absolute Gasteiger partial charge is 0.243 e. The van der Waals surface area contributed by atoms with E-state index in [0.29, 0.717) is 49.0 Å². The first kappa shape index (κ1) is 20.3. The van der Waals surface area contributed by atoms with E-state index in [9.17, 15) is 12.8 Å². The number of methoxy groups -OCH3 is 2. The molecular formula is C20H21FN4O4S. The van der Waals surface area contributed by atoms with Gasteiger partial charge in [0, 0.05) is 37.6 Å². The summed E-state index contributed by atoms with van der Waals surface area (Å²) in [5.41, 5.74) is 0.707. The maximum absolute atomic E-state index is 13.1. The molecule has 1 aliphatic heterocycles. The second-order valence-corrected chi connectivity index (χ2v) is 8.70. The van der Waals surface area contributed by atoms with Crippen LogP contribution in [0.2, 0.25) is 0 Å². The molecule has 0 spiro atoms. The Morgan fingerprint density at radius 3 is 2.20 bits per heavy atom. The van der Waals surface area contributed by atoms with Crippen LogP contribution in [-0.2, 0) is 10.0 Å². The predicted octanol–water partition coefficient (Wildman–Crippen LogP) is 2.30. The zero-order valence-electron chi connectivity index (χ0n) is 16.6. The lowest BCUT2D eigenvalue weighted by molar-refractivity contribution is 0.355. The summed E-state index contributed by atoms with van der Waals surface area (Å²) in [6.45, 7) is 1.50. The topological polar surface area (TPSA) is 84.9 Å². The Balaban J connectivity index is 1.58. The molecule has 1 aliphatic rings. The molecule has 8 nitrogen and oxygen atoms in total. The minimum absolute atomic E-state index is 0.0849. The minimum atomic E-state index is -3.68. The van der Waals surface area contributed by atoms with E-state index in [0.717, 1.165) is 17.5 Å². The number of piperazine rings is 1. The van der Waals surface area contributed by atoms with E-state index in [1.807, 2.05) is 11.0 Å². The summed E-state index contributed by atoms with van der Waals surface area (Å²) in [4.78, 5) is 10.8. The van der Waals surface area contributed by atoms with Gasteiger partial charge in [0.15, 0.2) is 11.5 Å². The summed E-state index contributed by atoms with van der Waals surface area (Å²) in [5, 5.41) is 0.796. The molecule has 1 saturated heterocycles. The highest BCUT2D eigenvalue weighted by atomic mass is 32.2. The second-order valence-electron chi connectivity index (χ2n) is 6.77. The van der Waals surface area contributed by atoms with E-state index >= 15 is 0 Å². The second kappa shape index (κ2) is 8.04. The summed E-state index contributed by atoms with van der Waals surface area (Å²) in [6.07, 6.45) is 1.48. The van der Waals surface area contributed by atoms with Crippen LogP contribution in [0.15, 0.2) is 47.6 Å². The molecule has 0 radical (unpaired) electrons. The monoisotopic (exact) mass is 432 g/mol. The first-order valence-corrected chi connectivity index (χ1v) is 10.8. The summed E-state index contributed by atoms with van der Waals surface area (Å²) in [5.74, 6) is 1.38. The SMILES string of the molecule is COc1cc2ncnc(N3CCN(S(=O)(=O)c4ccc(F)cc4)CC3)c2cc1OC. The van der Waals surface area contributed by atoms with Crippen molar-refractivity contribution in [3.05, 3.63) is 48.5 Å². The Bertz CT molecular complexity index is 1160. The number of sulfonamides is 1. The first-order valence-electron chi connectivity index (χ1n) is 9.31. The van der Waals surface area contributed by atoms with Gasteiger partial charge in [0.05, 0.1) is 24.6 Å². The van der Waals surface area contributed by atoms with Gasteiger partial charge in [-0.3, -0.25) is 0 Å². The average Bonchev–Trinajstić information content (AvgIpc) is 2.78. The van der Waals surface area contributed by atoms with Crippen molar-refractivity contribution < 1.29 is 22.3 Å². The Hall–Kier alpha value is -2.98. The lowest BCUT2D eigenvalue weighted by Crippen LogP contribution is -2.49. The molecule has 1 fully saturated rings. The highest BCUT2D eigenvalue weighted by Crippen LogP contribution is 2.35. The number of nitrogens with zero attached hydrogens (tertiary/aromatic N) is 4. The maximum Gasteiger partial charge on any atom is 0.243 e. The van der Waals surface area contributed by atoms with Crippen molar-refractivity contribution in [1.82, 2.24) is 14.3 Å². The van der Waals surface area contributed by atoms with Crippen molar-refractivity contribution >= 4 is 26.7 Å². The van der Waals surface area contributed by atoms with Crippen LogP contribution >= 0.6 is 0 Å². The number of ether oxygens (including phenoxy) is 2. The standard InChI is InChI=1S/C20H21FN4O4S/c1-28-18-11-16-17(12-19(18)29-2)22-13-23-20(16)24-7-9-25(10-8-24)30(26,27)15-5-3-14(21)4-6-15/h3-6,11-13H,7-10H2,1-2H3. The normalized spacial score (nSPS) is 15.4. The molecule has 158 valence electrons. The Kier molecular flexibility index (Phi) is 5.44. The van der Waals surface area contributed by atoms with Crippen LogP contribution in [-0.4, -0.2) is 63.1 Å². The number of benzene rings is 2. The summed E-state index contributed by atoms with van der Waals surface area (Å²) in [6, 6.07) is 8.48. The summed E-state index contributed by atoms with van der Waals surface area (Å²) < 4.78 is 50.9. The molecule has 0 saturated carbocycles. The van der Waals surface area contributed by atoms with Crippen molar-refractivity contribution in [2.24, 2.45) is 0 Å². The van der Waals surface area contributed by atoms with Crippen LogP contribution in [0.25, 0.3) is 10.9 Å². The molecule has 0 atom stereocenters. The van der Waals surface area contributed by atoms with Crippen molar-refractivity contribution in [3.8, 4) is 11.5 Å². The van der Waals surface area contributed by atoms with E-state index in [1.54, 1.807) is 20.3 Å². The van der Waals surface area contributed by atoms with Gasteiger partial charge in [-0.25, -0.2) is 22.8 Å². The third-order valence-electron chi connectivity index (χ3n) is 5.11. The van der Waals surface area contributed by atoms with E-state index in [-0.39, 0.29) is 4.90 Å². The third kappa shape index (κ3) is 3.63. The van der Waals surface area contributed by atoms with Crippen molar-refractivity contribution in [3.63, 3.8) is 0 Å². The lowest BCUT2D eigenvalue weighted by Gasteiger charge is -2.35. The van der Waals surface area contributed by atoms with Crippen molar-refractivity contribution in [2.75, 3.05) is 45.3 Å². The molecule has 0 amide bonds. The molecule has 0 bridgehead atoms. The molecule has 0 unspecified atom stereocenters. The Morgan fingerprint density at radius 2 is 1.57 bits per heavy atom. The molecule has 0 aliphatic carbocycles. The molecule has 2 aromatic carbocycles.